The van der Waals surface area contributed by atoms with Gasteiger partial charge < -0.3 is 9.47 Å². The number of ether oxygens (including phenoxy) is 2. The van der Waals surface area contributed by atoms with Crippen LogP contribution in [0.5, 0.6) is 0 Å². The van der Waals surface area contributed by atoms with Gasteiger partial charge in [0.05, 0.1) is 21.1 Å². The van der Waals surface area contributed by atoms with Gasteiger partial charge in [0.15, 0.2) is 0 Å². The number of Topliss-reactive ketones (excluding diaryl/α,β-unsaturated/α-hetero) is 1. The highest BCUT2D eigenvalue weighted by Gasteiger charge is 2.34. The lowest BCUT2D eigenvalue weighted by molar-refractivity contribution is -0.138. The molecule has 0 saturated carbocycles. The molecule has 110 valence electrons. The average Bonchev–Trinajstić information content (AvgIpc) is 2.65. The largest absolute Gasteiger partial charge is 0.382 e. The van der Waals surface area contributed by atoms with Gasteiger partial charge in [0, 0.05) is 45.3 Å². The van der Waals surface area contributed by atoms with Crippen LogP contribution in [-0.4, -0.2) is 63.8 Å². The summed E-state index contributed by atoms with van der Waals surface area (Å²) in [6.45, 7) is 1.68. The summed E-state index contributed by atoms with van der Waals surface area (Å²) in [5.74, 6) is -1.41. The van der Waals surface area contributed by atoms with Gasteiger partial charge in [-0.25, -0.2) is 0 Å². The molecule has 0 aliphatic carbocycles. The van der Waals surface area contributed by atoms with Gasteiger partial charge in [0.25, 0.3) is 0 Å². The molecule has 1 atom stereocenters. The maximum Gasteiger partial charge on any atom is 0.229 e. The SMILES string of the molecule is [B]C1CC(=O)N(CCC(=O)CCCOCCOC)C1=O. The summed E-state index contributed by atoms with van der Waals surface area (Å²) in [6, 6.07) is 0. The molecule has 7 heteroatoms. The Morgan fingerprint density at radius 2 is 2.05 bits per heavy atom. The molecule has 2 radical (unpaired) electrons. The normalized spacial score (nSPS) is 18.9. The summed E-state index contributed by atoms with van der Waals surface area (Å²) in [6.07, 6.45) is 1.24. The molecule has 1 heterocycles. The van der Waals surface area contributed by atoms with E-state index in [0.717, 1.165) is 4.90 Å². The first kappa shape index (κ1) is 16.8. The molecule has 0 N–H and O–H groups in total. The standard InChI is InChI=1S/C13H20BNO5/c1-19-7-8-20-6-2-3-10(16)4-5-15-12(17)9-11(14)13(15)18/h11H,2-9H2,1H3. The highest BCUT2D eigenvalue weighted by Crippen LogP contribution is 2.21. The summed E-state index contributed by atoms with van der Waals surface area (Å²) in [7, 11) is 7.08. The maximum absolute atomic E-state index is 11.6. The number of amides is 2. The lowest BCUT2D eigenvalue weighted by Crippen LogP contribution is -2.32. The molecule has 1 saturated heterocycles. The molecule has 20 heavy (non-hydrogen) atoms. The van der Waals surface area contributed by atoms with Crippen molar-refractivity contribution >= 4 is 25.4 Å². The smallest absolute Gasteiger partial charge is 0.229 e. The summed E-state index contributed by atoms with van der Waals surface area (Å²) in [5, 5.41) is 0. The molecule has 1 aliphatic heterocycles. The summed E-state index contributed by atoms with van der Waals surface area (Å²) in [4.78, 5) is 35.7. The number of hydrogen-bond donors (Lipinski definition) is 0. The molecule has 0 aromatic rings. The Kier molecular flexibility index (Phi) is 7.47. The van der Waals surface area contributed by atoms with Gasteiger partial charge in [-0.2, -0.15) is 0 Å². The lowest BCUT2D eigenvalue weighted by Gasteiger charge is -2.13. The second-order valence-corrected chi connectivity index (χ2v) is 4.69. The van der Waals surface area contributed by atoms with Crippen LogP contribution in [0.1, 0.15) is 25.7 Å². The zero-order valence-corrected chi connectivity index (χ0v) is 11.8. The lowest BCUT2D eigenvalue weighted by atomic mass is 9.86. The molecule has 6 nitrogen and oxygen atoms in total. The summed E-state index contributed by atoms with van der Waals surface area (Å²) < 4.78 is 10.1. The Morgan fingerprint density at radius 3 is 2.65 bits per heavy atom. The molecule has 1 unspecified atom stereocenters. The van der Waals surface area contributed by atoms with Crippen LogP contribution in [0.15, 0.2) is 0 Å². The van der Waals surface area contributed by atoms with Crippen molar-refractivity contribution in [3.8, 4) is 0 Å². The molecule has 0 bridgehead atoms. The van der Waals surface area contributed by atoms with Crippen molar-refractivity contribution in [3.05, 3.63) is 0 Å². The summed E-state index contributed by atoms with van der Waals surface area (Å²) >= 11 is 0. The van der Waals surface area contributed by atoms with E-state index in [-0.39, 0.29) is 37.0 Å². The molecule has 0 aromatic carbocycles. The van der Waals surface area contributed by atoms with Gasteiger partial charge in [-0.05, 0) is 6.42 Å². The fourth-order valence-electron chi connectivity index (χ4n) is 1.92. The van der Waals surface area contributed by atoms with E-state index in [1.165, 1.54) is 0 Å². The van der Waals surface area contributed by atoms with Crippen LogP contribution in [0.25, 0.3) is 0 Å². The van der Waals surface area contributed by atoms with Gasteiger partial charge in [0.2, 0.25) is 11.8 Å². The van der Waals surface area contributed by atoms with E-state index in [4.69, 9.17) is 17.3 Å². The molecule has 0 aromatic heterocycles. The number of hydrogen-bond acceptors (Lipinski definition) is 5. The number of carbonyl (C=O) groups excluding carboxylic acids is 3. The van der Waals surface area contributed by atoms with Gasteiger partial charge in [-0.15, -0.1) is 0 Å². The van der Waals surface area contributed by atoms with Crippen molar-refractivity contribution in [1.29, 1.82) is 0 Å². The Labute approximate surface area is 120 Å². The van der Waals surface area contributed by atoms with Gasteiger partial charge in [-0.1, -0.05) is 0 Å². The third-order valence-electron chi connectivity index (χ3n) is 3.07. The van der Waals surface area contributed by atoms with Crippen molar-refractivity contribution < 1.29 is 23.9 Å². The first-order valence-electron chi connectivity index (χ1n) is 6.74. The van der Waals surface area contributed by atoms with Crippen molar-refractivity contribution in [3.63, 3.8) is 0 Å². The minimum Gasteiger partial charge on any atom is -0.382 e. The van der Waals surface area contributed by atoms with Crippen LogP contribution >= 0.6 is 0 Å². The number of imide groups is 1. The average molecular weight is 281 g/mol. The van der Waals surface area contributed by atoms with E-state index in [2.05, 4.69) is 0 Å². The van der Waals surface area contributed by atoms with Crippen molar-refractivity contribution in [2.75, 3.05) is 33.5 Å². The number of ketones is 1. The van der Waals surface area contributed by atoms with Crippen molar-refractivity contribution in [1.82, 2.24) is 4.90 Å². The molecular weight excluding hydrogens is 261 g/mol. The van der Waals surface area contributed by atoms with E-state index in [1.807, 2.05) is 0 Å². The van der Waals surface area contributed by atoms with E-state index >= 15 is 0 Å². The number of nitrogens with zero attached hydrogens (tertiary/aromatic N) is 1. The minimum absolute atomic E-state index is 0.0152. The van der Waals surface area contributed by atoms with E-state index in [9.17, 15) is 14.4 Å². The van der Waals surface area contributed by atoms with Crippen molar-refractivity contribution in [2.24, 2.45) is 0 Å². The molecule has 0 spiro atoms. The monoisotopic (exact) mass is 281 g/mol. The van der Waals surface area contributed by atoms with Crippen LogP contribution < -0.4 is 0 Å². The predicted octanol–water partition coefficient (Wildman–Crippen LogP) is 0.105. The van der Waals surface area contributed by atoms with E-state index < -0.39 is 5.82 Å². The molecule has 2 amide bonds. The first-order chi connectivity index (χ1) is 9.56. The minimum atomic E-state index is -0.744. The molecule has 1 fully saturated rings. The Balaban J connectivity index is 2.11. The number of likely N-dealkylation sites (tertiary alicyclic amines) is 1. The highest BCUT2D eigenvalue weighted by molar-refractivity contribution is 6.29. The fraction of sp³-hybridized carbons (Fsp3) is 0.769. The second-order valence-electron chi connectivity index (χ2n) is 4.69. The van der Waals surface area contributed by atoms with Crippen molar-refractivity contribution in [2.45, 2.75) is 31.5 Å². The number of rotatable bonds is 10. The van der Waals surface area contributed by atoms with Gasteiger partial charge in [-0.3, -0.25) is 19.3 Å². The summed E-state index contributed by atoms with van der Waals surface area (Å²) in [5.41, 5.74) is 0. The highest BCUT2D eigenvalue weighted by atomic mass is 16.5. The van der Waals surface area contributed by atoms with Crippen LogP contribution in [0, 0.1) is 0 Å². The zero-order valence-electron chi connectivity index (χ0n) is 11.8. The third kappa shape index (κ3) is 5.42. The second kappa shape index (κ2) is 8.87. The van der Waals surface area contributed by atoms with E-state index in [1.54, 1.807) is 7.11 Å². The topological polar surface area (TPSA) is 72.9 Å². The zero-order chi connectivity index (χ0) is 15.0. The Hall–Kier alpha value is -1.21. The molecule has 1 aliphatic rings. The quantitative estimate of drug-likeness (QED) is 0.323. The Morgan fingerprint density at radius 1 is 1.30 bits per heavy atom. The van der Waals surface area contributed by atoms with Crippen LogP contribution in [0.2, 0.25) is 5.82 Å². The molecular formula is C13H20BNO5. The number of carbonyl (C=O) groups is 3. The number of methoxy groups -OCH3 is 1. The van der Waals surface area contributed by atoms with E-state index in [0.29, 0.717) is 32.7 Å². The van der Waals surface area contributed by atoms with Gasteiger partial charge >= 0.3 is 0 Å². The van der Waals surface area contributed by atoms with Crippen LogP contribution in [-0.2, 0) is 23.9 Å². The van der Waals surface area contributed by atoms with Crippen LogP contribution in [0.4, 0.5) is 0 Å². The maximum atomic E-state index is 11.6. The predicted molar refractivity (Wildman–Crippen MR) is 72.4 cm³/mol. The third-order valence-corrected chi connectivity index (χ3v) is 3.07. The fourth-order valence-corrected chi connectivity index (χ4v) is 1.92. The van der Waals surface area contributed by atoms with Gasteiger partial charge in [0.1, 0.15) is 5.78 Å². The first-order valence-corrected chi connectivity index (χ1v) is 6.74. The Bertz CT molecular complexity index is 361. The van der Waals surface area contributed by atoms with Crippen LogP contribution in [0.3, 0.4) is 0 Å². The molecule has 1 rings (SSSR count).